The van der Waals surface area contributed by atoms with Gasteiger partial charge in [0.05, 0.1) is 0 Å². The van der Waals surface area contributed by atoms with E-state index in [4.69, 9.17) is 4.74 Å². The average Bonchev–Trinajstić information content (AvgIpc) is 2.83. The molecule has 1 aromatic rings. The van der Waals surface area contributed by atoms with Crippen LogP contribution in [0.1, 0.15) is 97.6 Å². The number of thiol groups is 1. The van der Waals surface area contributed by atoms with Crippen LogP contribution in [0.3, 0.4) is 0 Å². The second-order valence-corrected chi connectivity index (χ2v) is 10.7. The molecular formula is C28H47N3O5S. The highest BCUT2D eigenvalue weighted by molar-refractivity contribution is 7.80. The number of ether oxygens (including phenoxy) is 1. The maximum atomic E-state index is 13.8. The van der Waals surface area contributed by atoms with E-state index in [9.17, 15) is 19.5 Å². The first-order valence-corrected chi connectivity index (χ1v) is 14.1. The van der Waals surface area contributed by atoms with Gasteiger partial charge in [-0.3, -0.25) is 9.59 Å². The number of hydrogen-bond donors (Lipinski definition) is 4. The first-order chi connectivity index (χ1) is 17.5. The molecule has 0 aliphatic carbocycles. The molecule has 37 heavy (non-hydrogen) atoms. The highest BCUT2D eigenvalue weighted by atomic mass is 32.1. The first-order valence-electron chi connectivity index (χ1n) is 13.5. The van der Waals surface area contributed by atoms with E-state index in [1.807, 2.05) is 6.92 Å². The lowest BCUT2D eigenvalue weighted by Crippen LogP contribution is -2.54. The average molecular weight is 538 g/mol. The summed E-state index contributed by atoms with van der Waals surface area (Å²) in [6, 6.07) is 4.43. The van der Waals surface area contributed by atoms with Crippen LogP contribution < -0.4 is 10.6 Å². The van der Waals surface area contributed by atoms with Gasteiger partial charge < -0.3 is 25.4 Å². The van der Waals surface area contributed by atoms with Crippen LogP contribution in [0.2, 0.25) is 0 Å². The van der Waals surface area contributed by atoms with Gasteiger partial charge in [-0.05, 0) is 51.3 Å². The van der Waals surface area contributed by atoms with Crippen LogP contribution in [0, 0.1) is 0 Å². The number of nitrogens with one attached hydrogen (secondary N) is 2. The predicted molar refractivity (Wildman–Crippen MR) is 151 cm³/mol. The molecule has 0 aromatic heterocycles. The third kappa shape index (κ3) is 12.6. The minimum atomic E-state index is -0.971. The van der Waals surface area contributed by atoms with E-state index >= 15 is 0 Å². The van der Waals surface area contributed by atoms with Crippen molar-refractivity contribution in [3.05, 3.63) is 29.8 Å². The van der Waals surface area contributed by atoms with Crippen LogP contribution in [-0.2, 0) is 14.3 Å². The van der Waals surface area contributed by atoms with Crippen molar-refractivity contribution in [1.82, 2.24) is 15.5 Å². The molecule has 0 saturated carbocycles. The quantitative estimate of drug-likeness (QED) is 0.168. The highest BCUT2D eigenvalue weighted by Crippen LogP contribution is 2.25. The number of aromatic hydroxyl groups is 1. The summed E-state index contributed by atoms with van der Waals surface area (Å²) in [6.07, 6.45) is 7.16. The normalized spacial score (nSPS) is 12.9. The zero-order chi connectivity index (χ0) is 27.8. The number of benzene rings is 1. The van der Waals surface area contributed by atoms with Gasteiger partial charge in [-0.25, -0.2) is 4.79 Å². The highest BCUT2D eigenvalue weighted by Gasteiger charge is 2.35. The van der Waals surface area contributed by atoms with Gasteiger partial charge in [-0.1, -0.05) is 64.5 Å². The molecule has 2 atom stereocenters. The summed E-state index contributed by atoms with van der Waals surface area (Å²) in [6.45, 7) is 10.3. The molecule has 0 radical (unpaired) electrons. The molecule has 0 aliphatic heterocycles. The van der Waals surface area contributed by atoms with Crippen LogP contribution in [0.15, 0.2) is 24.3 Å². The number of carbonyl (C=O) groups is 3. The minimum Gasteiger partial charge on any atom is -0.508 e. The van der Waals surface area contributed by atoms with Crippen molar-refractivity contribution in [2.75, 3.05) is 18.8 Å². The second kappa shape index (κ2) is 17.2. The van der Waals surface area contributed by atoms with Crippen LogP contribution in [0.5, 0.6) is 5.75 Å². The fourth-order valence-corrected chi connectivity index (χ4v) is 4.13. The van der Waals surface area contributed by atoms with Gasteiger partial charge in [0, 0.05) is 18.8 Å². The smallest absolute Gasteiger partial charge is 0.408 e. The summed E-state index contributed by atoms with van der Waals surface area (Å²) in [5, 5.41) is 15.4. The Kier molecular flexibility index (Phi) is 15.1. The minimum absolute atomic E-state index is 0.0465. The molecule has 0 aliphatic rings. The fraction of sp³-hybridized carbons (Fsp3) is 0.679. The van der Waals surface area contributed by atoms with Gasteiger partial charge >= 0.3 is 6.09 Å². The van der Waals surface area contributed by atoms with Crippen molar-refractivity contribution in [1.29, 1.82) is 0 Å². The molecule has 0 spiro atoms. The molecule has 0 fully saturated rings. The molecule has 2 unspecified atom stereocenters. The standard InChI is InChI=1S/C28H47N3O5S/c1-6-8-10-11-12-13-19-31(26(34)23(20-37)30-27(35)36-28(3,4)5)24(25(33)29-18-9-7-2)21-14-16-22(32)17-15-21/h14-17,23-24,32,37H,6-13,18-20H2,1-5H3,(H,29,33)(H,30,35). The predicted octanol–water partition coefficient (Wildman–Crippen LogP) is 5.36. The zero-order valence-electron chi connectivity index (χ0n) is 23.2. The second-order valence-electron chi connectivity index (χ2n) is 10.3. The molecule has 9 heteroatoms. The Balaban J connectivity index is 3.27. The zero-order valence-corrected chi connectivity index (χ0v) is 24.1. The SMILES string of the molecule is CCCCCCCCN(C(=O)C(CS)NC(=O)OC(C)(C)C)C(C(=O)NCCCC)c1ccc(O)cc1. The van der Waals surface area contributed by atoms with Gasteiger partial charge in [0.1, 0.15) is 23.4 Å². The monoisotopic (exact) mass is 537 g/mol. The fourth-order valence-electron chi connectivity index (χ4n) is 3.88. The Morgan fingerprint density at radius 3 is 2.14 bits per heavy atom. The van der Waals surface area contributed by atoms with Crippen molar-refractivity contribution in [2.24, 2.45) is 0 Å². The summed E-state index contributed by atoms with van der Waals surface area (Å²) in [5.74, 6) is -0.584. The lowest BCUT2D eigenvalue weighted by molar-refractivity contribution is -0.142. The Morgan fingerprint density at radius 2 is 1.57 bits per heavy atom. The summed E-state index contributed by atoms with van der Waals surface area (Å²) >= 11 is 4.32. The number of phenolic OH excluding ortho intramolecular Hbond substituents is 1. The van der Waals surface area contributed by atoms with Gasteiger partial charge in [0.15, 0.2) is 0 Å². The molecule has 3 N–H and O–H groups in total. The third-order valence-corrected chi connectivity index (χ3v) is 6.17. The van der Waals surface area contributed by atoms with Crippen LogP contribution >= 0.6 is 12.6 Å². The number of alkyl carbamates (subject to hydrolysis) is 1. The Labute approximate surface area is 228 Å². The van der Waals surface area contributed by atoms with Gasteiger partial charge in [0.2, 0.25) is 11.8 Å². The molecule has 0 heterocycles. The number of rotatable bonds is 16. The first kappa shape index (κ1) is 32.6. The molecule has 0 bridgehead atoms. The summed E-state index contributed by atoms with van der Waals surface area (Å²) in [5.41, 5.74) is -0.137. The molecule has 0 saturated heterocycles. The van der Waals surface area contributed by atoms with E-state index in [0.29, 0.717) is 18.7 Å². The van der Waals surface area contributed by atoms with Crippen molar-refractivity contribution in [3.8, 4) is 5.75 Å². The third-order valence-electron chi connectivity index (χ3n) is 5.81. The van der Waals surface area contributed by atoms with E-state index in [0.717, 1.165) is 44.9 Å². The van der Waals surface area contributed by atoms with E-state index in [1.165, 1.54) is 23.5 Å². The number of hydrogen-bond acceptors (Lipinski definition) is 6. The van der Waals surface area contributed by atoms with E-state index in [1.54, 1.807) is 32.9 Å². The van der Waals surface area contributed by atoms with Crippen molar-refractivity contribution < 1.29 is 24.2 Å². The number of carbonyl (C=O) groups excluding carboxylic acids is 3. The lowest BCUT2D eigenvalue weighted by atomic mass is 10.0. The number of amides is 3. The summed E-state index contributed by atoms with van der Waals surface area (Å²) < 4.78 is 5.35. The lowest BCUT2D eigenvalue weighted by Gasteiger charge is -2.34. The number of phenols is 1. The maximum Gasteiger partial charge on any atom is 0.408 e. The molecule has 8 nitrogen and oxygen atoms in total. The van der Waals surface area contributed by atoms with Crippen molar-refractivity contribution >= 4 is 30.5 Å². The van der Waals surface area contributed by atoms with E-state index in [2.05, 4.69) is 30.2 Å². The topological polar surface area (TPSA) is 108 Å². The molecule has 210 valence electrons. The molecule has 1 rings (SSSR count). The molecule has 1 aromatic carbocycles. The summed E-state index contributed by atoms with van der Waals surface area (Å²) in [7, 11) is 0. The molecular weight excluding hydrogens is 490 g/mol. The van der Waals surface area contributed by atoms with Gasteiger partial charge in [-0.2, -0.15) is 12.6 Å². The van der Waals surface area contributed by atoms with Crippen molar-refractivity contribution in [3.63, 3.8) is 0 Å². The maximum absolute atomic E-state index is 13.8. The van der Waals surface area contributed by atoms with Crippen LogP contribution in [0.25, 0.3) is 0 Å². The van der Waals surface area contributed by atoms with Crippen LogP contribution in [0.4, 0.5) is 4.79 Å². The Hall–Kier alpha value is -2.42. The van der Waals surface area contributed by atoms with E-state index < -0.39 is 29.7 Å². The molecule has 3 amide bonds. The number of unbranched alkanes of at least 4 members (excludes halogenated alkanes) is 6. The van der Waals surface area contributed by atoms with E-state index in [-0.39, 0.29) is 17.4 Å². The van der Waals surface area contributed by atoms with Crippen molar-refractivity contribution in [2.45, 2.75) is 104 Å². The van der Waals surface area contributed by atoms with Crippen LogP contribution in [-0.4, -0.2) is 58.4 Å². The largest absolute Gasteiger partial charge is 0.508 e. The Bertz CT molecular complexity index is 826. The van der Waals surface area contributed by atoms with Gasteiger partial charge in [-0.15, -0.1) is 0 Å². The summed E-state index contributed by atoms with van der Waals surface area (Å²) in [4.78, 5) is 41.3. The number of nitrogens with zero attached hydrogens (tertiary/aromatic N) is 1. The Morgan fingerprint density at radius 1 is 0.973 bits per heavy atom. The van der Waals surface area contributed by atoms with Gasteiger partial charge in [0.25, 0.3) is 0 Å².